The number of ether oxygens (including phenoxy) is 3. The van der Waals surface area contributed by atoms with E-state index in [-0.39, 0.29) is 16.6 Å². The molecule has 234 valence electrons. The standard InChI is InChI=1S/C33H31F2N3O6S/c1-20(39)45-16-4-3-15-43-30-19-26-24(18-29(30)42-2)27(11-14-36-26)44-28-10-9-23(17-25(28)35)38-32(41)33(12-13-33)31(40)37-22-7-5-21(34)6-8-22/h5-11,14,17-19H,3-4,12-13,15-16H2,1-2H3,(H,37,40)(H,38,41). The second kappa shape index (κ2) is 13.9. The first-order valence-electron chi connectivity index (χ1n) is 14.3. The Morgan fingerprint density at radius 2 is 1.58 bits per heavy atom. The molecule has 1 heterocycles. The van der Waals surface area contributed by atoms with Gasteiger partial charge in [-0.3, -0.25) is 19.4 Å². The number of anilines is 2. The van der Waals surface area contributed by atoms with Gasteiger partial charge in [-0.1, -0.05) is 11.8 Å². The summed E-state index contributed by atoms with van der Waals surface area (Å²) in [6.45, 7) is 1.98. The number of pyridine rings is 1. The number of carbonyl (C=O) groups is 3. The highest BCUT2D eigenvalue weighted by Crippen LogP contribution is 2.47. The molecule has 0 aliphatic heterocycles. The fourth-order valence-corrected chi connectivity index (χ4v) is 5.22. The minimum absolute atomic E-state index is 0.0848. The molecule has 3 aromatic carbocycles. The fraction of sp³-hybridized carbons (Fsp3) is 0.273. The van der Waals surface area contributed by atoms with E-state index >= 15 is 4.39 Å². The van der Waals surface area contributed by atoms with E-state index in [2.05, 4.69) is 15.6 Å². The lowest BCUT2D eigenvalue weighted by Gasteiger charge is -2.16. The number of unbranched alkanes of at least 4 members (excludes halogenated alkanes) is 1. The van der Waals surface area contributed by atoms with Gasteiger partial charge in [0.2, 0.25) is 11.8 Å². The summed E-state index contributed by atoms with van der Waals surface area (Å²) in [6.07, 6.45) is 3.80. The summed E-state index contributed by atoms with van der Waals surface area (Å²) < 4.78 is 45.7. The highest BCUT2D eigenvalue weighted by atomic mass is 32.2. The van der Waals surface area contributed by atoms with Crippen LogP contribution in [0.15, 0.2) is 66.9 Å². The van der Waals surface area contributed by atoms with Crippen molar-refractivity contribution in [2.75, 3.05) is 30.1 Å². The van der Waals surface area contributed by atoms with Gasteiger partial charge in [0.25, 0.3) is 0 Å². The second-order valence-corrected chi connectivity index (χ2v) is 11.7. The number of aromatic nitrogens is 1. The minimum atomic E-state index is -1.29. The lowest BCUT2D eigenvalue weighted by molar-refractivity contribution is -0.131. The maximum Gasteiger partial charge on any atom is 0.240 e. The van der Waals surface area contributed by atoms with E-state index in [0.717, 1.165) is 24.7 Å². The average Bonchev–Trinajstić information content (AvgIpc) is 3.83. The van der Waals surface area contributed by atoms with Gasteiger partial charge in [0.15, 0.2) is 28.2 Å². The van der Waals surface area contributed by atoms with Crippen LogP contribution < -0.4 is 24.8 Å². The summed E-state index contributed by atoms with van der Waals surface area (Å²) in [5.74, 6) is -0.310. The zero-order chi connectivity index (χ0) is 32.0. The molecule has 1 aliphatic rings. The van der Waals surface area contributed by atoms with Gasteiger partial charge in [-0.2, -0.15) is 0 Å². The summed E-state index contributed by atoms with van der Waals surface area (Å²) in [7, 11) is 1.51. The molecule has 0 atom stereocenters. The SMILES string of the molecule is COc1cc2c(Oc3ccc(NC(=O)C4(C(=O)Nc5ccc(F)cc5)CC4)cc3F)ccnc2cc1OCCCCSC(C)=O. The maximum atomic E-state index is 15.2. The van der Waals surface area contributed by atoms with Crippen LogP contribution in [0.4, 0.5) is 20.2 Å². The number of halogens is 2. The van der Waals surface area contributed by atoms with Crippen LogP contribution in [0.2, 0.25) is 0 Å². The van der Waals surface area contributed by atoms with E-state index in [1.807, 2.05) is 0 Å². The van der Waals surface area contributed by atoms with E-state index in [9.17, 15) is 18.8 Å². The monoisotopic (exact) mass is 635 g/mol. The summed E-state index contributed by atoms with van der Waals surface area (Å²) in [6, 6.07) is 14.2. The van der Waals surface area contributed by atoms with Gasteiger partial charge in [-0.25, -0.2) is 8.78 Å². The Kier molecular flexibility index (Phi) is 9.82. The lowest BCUT2D eigenvalue weighted by Crippen LogP contribution is -2.35. The Labute approximate surface area is 262 Å². The molecule has 0 spiro atoms. The molecule has 12 heteroatoms. The maximum absolute atomic E-state index is 15.2. The van der Waals surface area contributed by atoms with E-state index in [1.165, 1.54) is 61.5 Å². The number of carbonyl (C=O) groups excluding carboxylic acids is 3. The molecule has 0 bridgehead atoms. The predicted octanol–water partition coefficient (Wildman–Crippen LogP) is 7.11. The van der Waals surface area contributed by atoms with Crippen LogP contribution in [-0.4, -0.2) is 41.4 Å². The molecule has 2 N–H and O–H groups in total. The van der Waals surface area contributed by atoms with E-state index in [0.29, 0.717) is 53.3 Å². The normalized spacial score (nSPS) is 13.2. The first-order valence-corrected chi connectivity index (χ1v) is 15.3. The molecule has 1 aromatic heterocycles. The summed E-state index contributed by atoms with van der Waals surface area (Å²) in [5.41, 5.74) is -0.205. The Morgan fingerprint density at radius 1 is 0.867 bits per heavy atom. The molecule has 2 amide bonds. The molecule has 5 rings (SSSR count). The third kappa shape index (κ3) is 7.69. The molecule has 45 heavy (non-hydrogen) atoms. The van der Waals surface area contributed by atoms with Gasteiger partial charge in [0.1, 0.15) is 17.0 Å². The van der Waals surface area contributed by atoms with Gasteiger partial charge in [-0.05, 0) is 74.2 Å². The van der Waals surface area contributed by atoms with Crippen LogP contribution in [-0.2, 0) is 14.4 Å². The Morgan fingerprint density at radius 3 is 2.24 bits per heavy atom. The van der Waals surface area contributed by atoms with Crippen molar-refractivity contribution in [2.45, 2.75) is 32.6 Å². The molecule has 0 unspecified atom stereocenters. The van der Waals surface area contributed by atoms with Crippen molar-refractivity contribution in [1.82, 2.24) is 4.98 Å². The number of benzene rings is 3. The van der Waals surface area contributed by atoms with E-state index in [4.69, 9.17) is 14.2 Å². The highest BCUT2D eigenvalue weighted by molar-refractivity contribution is 8.13. The van der Waals surface area contributed by atoms with Crippen LogP contribution in [0.5, 0.6) is 23.0 Å². The zero-order valence-corrected chi connectivity index (χ0v) is 25.5. The van der Waals surface area contributed by atoms with Crippen molar-refractivity contribution >= 4 is 51.0 Å². The zero-order valence-electron chi connectivity index (χ0n) is 24.7. The Hall–Kier alpha value is -4.71. The first-order chi connectivity index (χ1) is 21.7. The van der Waals surface area contributed by atoms with Crippen molar-refractivity contribution in [1.29, 1.82) is 0 Å². The average molecular weight is 636 g/mol. The van der Waals surface area contributed by atoms with Crippen molar-refractivity contribution < 1.29 is 37.4 Å². The second-order valence-electron chi connectivity index (χ2n) is 10.5. The number of fused-ring (bicyclic) bond motifs is 1. The van der Waals surface area contributed by atoms with E-state index in [1.54, 1.807) is 25.1 Å². The van der Waals surface area contributed by atoms with Crippen LogP contribution in [0.1, 0.15) is 32.6 Å². The summed E-state index contributed by atoms with van der Waals surface area (Å²) in [4.78, 5) is 41.3. The molecule has 0 saturated heterocycles. The molecular formula is C33H31F2N3O6S. The molecule has 9 nitrogen and oxygen atoms in total. The van der Waals surface area contributed by atoms with Crippen LogP contribution in [0.25, 0.3) is 10.9 Å². The summed E-state index contributed by atoms with van der Waals surface area (Å²) in [5, 5.41) is 5.92. The number of amides is 2. The number of nitrogens with zero attached hydrogens (tertiary/aromatic N) is 1. The number of hydrogen-bond donors (Lipinski definition) is 2. The molecule has 1 saturated carbocycles. The number of thioether (sulfide) groups is 1. The first kappa shape index (κ1) is 31.7. The minimum Gasteiger partial charge on any atom is -0.493 e. The number of rotatable bonds is 13. The number of nitrogens with one attached hydrogen (secondary N) is 2. The smallest absolute Gasteiger partial charge is 0.240 e. The van der Waals surface area contributed by atoms with Crippen LogP contribution in [0, 0.1) is 17.0 Å². The third-order valence-corrected chi connectivity index (χ3v) is 8.12. The highest BCUT2D eigenvalue weighted by Gasteiger charge is 2.56. The van der Waals surface area contributed by atoms with Gasteiger partial charge < -0.3 is 24.8 Å². The predicted molar refractivity (Wildman–Crippen MR) is 168 cm³/mol. The molecule has 1 fully saturated rings. The largest absolute Gasteiger partial charge is 0.493 e. The van der Waals surface area contributed by atoms with Crippen LogP contribution in [0.3, 0.4) is 0 Å². The lowest BCUT2D eigenvalue weighted by atomic mass is 10.0. The number of methoxy groups -OCH3 is 1. The van der Waals surface area contributed by atoms with Gasteiger partial charge in [0.05, 0.1) is 19.2 Å². The topological polar surface area (TPSA) is 116 Å². The van der Waals surface area contributed by atoms with Gasteiger partial charge in [0, 0.05) is 47.8 Å². The van der Waals surface area contributed by atoms with Crippen molar-refractivity contribution in [3.8, 4) is 23.0 Å². The number of hydrogen-bond acceptors (Lipinski definition) is 8. The molecule has 0 radical (unpaired) electrons. The quantitative estimate of drug-likeness (QED) is 0.118. The molecular weight excluding hydrogens is 604 g/mol. The van der Waals surface area contributed by atoms with Crippen LogP contribution >= 0.6 is 11.8 Å². The molecule has 1 aliphatic carbocycles. The van der Waals surface area contributed by atoms with Gasteiger partial charge >= 0.3 is 0 Å². The van der Waals surface area contributed by atoms with Crippen molar-refractivity contribution in [2.24, 2.45) is 5.41 Å². The summed E-state index contributed by atoms with van der Waals surface area (Å²) >= 11 is 1.29. The van der Waals surface area contributed by atoms with Gasteiger partial charge in [-0.15, -0.1) is 0 Å². The molecule has 4 aromatic rings. The van der Waals surface area contributed by atoms with E-state index < -0.39 is 28.9 Å². The third-order valence-electron chi connectivity index (χ3n) is 7.22. The Balaban J connectivity index is 1.24. The Bertz CT molecular complexity index is 1730. The van der Waals surface area contributed by atoms with Crippen molar-refractivity contribution in [3.05, 3.63) is 78.5 Å². The fourth-order valence-electron chi connectivity index (χ4n) is 4.59. The van der Waals surface area contributed by atoms with Crippen molar-refractivity contribution in [3.63, 3.8) is 0 Å².